The van der Waals surface area contributed by atoms with E-state index in [1.807, 2.05) is 0 Å². The Hall–Kier alpha value is -3.98. The van der Waals surface area contributed by atoms with Gasteiger partial charge in [0.1, 0.15) is 11.5 Å². The zero-order valence-electron chi connectivity index (χ0n) is 18.0. The van der Waals surface area contributed by atoms with Crippen molar-refractivity contribution in [1.82, 2.24) is 0 Å². The van der Waals surface area contributed by atoms with Gasteiger partial charge in [-0.25, -0.2) is 4.79 Å². The van der Waals surface area contributed by atoms with Crippen LogP contribution in [0.25, 0.3) is 0 Å². The second-order valence-electron chi connectivity index (χ2n) is 6.73. The molecule has 0 spiro atoms. The highest BCUT2D eigenvalue weighted by molar-refractivity contribution is 8.00. The van der Waals surface area contributed by atoms with Crippen LogP contribution in [0, 0.1) is 0 Å². The number of aromatic carboxylic acids is 1. The maximum Gasteiger partial charge on any atom is 0.336 e. The maximum atomic E-state index is 12.5. The lowest BCUT2D eigenvalue weighted by atomic mass is 10.1. The van der Waals surface area contributed by atoms with Gasteiger partial charge < -0.3 is 25.2 Å². The van der Waals surface area contributed by atoms with E-state index in [0.29, 0.717) is 22.9 Å². The number of carboxylic acids is 1. The fraction of sp³-hybridized carbons (Fsp3) is 0.125. The third-order valence-corrected chi connectivity index (χ3v) is 5.58. The van der Waals surface area contributed by atoms with E-state index < -0.39 is 11.9 Å². The largest absolute Gasteiger partial charge is 0.497 e. The lowest BCUT2D eigenvalue weighted by Gasteiger charge is -2.11. The molecular formula is C24H22N2O6S. The Morgan fingerprint density at radius 2 is 1.58 bits per heavy atom. The number of carboxylic acid groups (broad SMARTS) is 1. The van der Waals surface area contributed by atoms with E-state index in [4.69, 9.17) is 9.47 Å². The zero-order valence-corrected chi connectivity index (χ0v) is 18.8. The molecule has 0 saturated heterocycles. The molecule has 0 heterocycles. The van der Waals surface area contributed by atoms with E-state index in [1.165, 1.54) is 31.0 Å². The molecule has 0 aliphatic heterocycles. The molecule has 9 heteroatoms. The van der Waals surface area contributed by atoms with E-state index in [0.717, 1.165) is 4.90 Å². The summed E-state index contributed by atoms with van der Waals surface area (Å²) in [6.07, 6.45) is 0. The fourth-order valence-corrected chi connectivity index (χ4v) is 3.64. The first-order valence-electron chi connectivity index (χ1n) is 9.79. The lowest BCUT2D eigenvalue weighted by Crippen LogP contribution is -2.16. The first-order chi connectivity index (χ1) is 15.9. The van der Waals surface area contributed by atoms with Crippen LogP contribution in [0.3, 0.4) is 0 Å². The van der Waals surface area contributed by atoms with E-state index >= 15 is 0 Å². The molecule has 8 nitrogen and oxygen atoms in total. The summed E-state index contributed by atoms with van der Waals surface area (Å²) in [7, 11) is 3.06. The molecule has 0 fully saturated rings. The van der Waals surface area contributed by atoms with Gasteiger partial charge in [-0.2, -0.15) is 0 Å². The molecule has 0 radical (unpaired) electrons. The van der Waals surface area contributed by atoms with Gasteiger partial charge in [0, 0.05) is 16.6 Å². The molecule has 0 saturated carbocycles. The molecule has 33 heavy (non-hydrogen) atoms. The van der Waals surface area contributed by atoms with Crippen LogP contribution in [-0.2, 0) is 4.79 Å². The number of thioether (sulfide) groups is 1. The Kier molecular flexibility index (Phi) is 7.93. The predicted octanol–water partition coefficient (Wildman–Crippen LogP) is 4.39. The van der Waals surface area contributed by atoms with Crippen LogP contribution in [0.15, 0.2) is 71.6 Å². The van der Waals surface area contributed by atoms with Gasteiger partial charge in [-0.3, -0.25) is 9.59 Å². The number of carbonyl (C=O) groups excluding carboxylic acids is 2. The monoisotopic (exact) mass is 466 g/mol. The summed E-state index contributed by atoms with van der Waals surface area (Å²) in [5, 5.41) is 14.7. The average molecular weight is 467 g/mol. The smallest absolute Gasteiger partial charge is 0.336 e. The number of carbonyl (C=O) groups is 3. The van der Waals surface area contributed by atoms with Crippen LogP contribution in [0.5, 0.6) is 11.5 Å². The summed E-state index contributed by atoms with van der Waals surface area (Å²) in [6.45, 7) is 0. The van der Waals surface area contributed by atoms with Crippen molar-refractivity contribution in [1.29, 1.82) is 0 Å². The average Bonchev–Trinajstić information content (AvgIpc) is 2.83. The first-order valence-corrected chi connectivity index (χ1v) is 10.8. The van der Waals surface area contributed by atoms with Gasteiger partial charge in [-0.15, -0.1) is 11.8 Å². The van der Waals surface area contributed by atoms with Crippen LogP contribution in [0.2, 0.25) is 0 Å². The number of hydrogen-bond acceptors (Lipinski definition) is 6. The van der Waals surface area contributed by atoms with E-state index in [1.54, 1.807) is 61.7 Å². The summed E-state index contributed by atoms with van der Waals surface area (Å²) in [6, 6.07) is 18.0. The van der Waals surface area contributed by atoms with Crippen molar-refractivity contribution >= 4 is 40.9 Å². The van der Waals surface area contributed by atoms with Gasteiger partial charge in [-0.05, 0) is 48.5 Å². The van der Waals surface area contributed by atoms with Gasteiger partial charge in [0.2, 0.25) is 5.91 Å². The molecule has 0 aliphatic carbocycles. The molecule has 0 unspecified atom stereocenters. The summed E-state index contributed by atoms with van der Waals surface area (Å²) >= 11 is 1.33. The van der Waals surface area contributed by atoms with Gasteiger partial charge in [0.05, 0.1) is 36.8 Å². The number of nitrogens with one attached hydrogen (secondary N) is 2. The molecule has 0 aromatic heterocycles. The van der Waals surface area contributed by atoms with Crippen molar-refractivity contribution in [3.63, 3.8) is 0 Å². The Labute approximate surface area is 194 Å². The Morgan fingerprint density at radius 1 is 0.879 bits per heavy atom. The number of rotatable bonds is 9. The zero-order chi connectivity index (χ0) is 23.8. The van der Waals surface area contributed by atoms with Crippen molar-refractivity contribution in [2.24, 2.45) is 0 Å². The Morgan fingerprint density at radius 3 is 2.21 bits per heavy atom. The number of methoxy groups -OCH3 is 2. The van der Waals surface area contributed by atoms with Crippen molar-refractivity contribution in [2.75, 3.05) is 30.6 Å². The maximum absolute atomic E-state index is 12.5. The first kappa shape index (κ1) is 23.7. The van der Waals surface area contributed by atoms with Crippen molar-refractivity contribution < 1.29 is 29.0 Å². The number of anilines is 2. The highest BCUT2D eigenvalue weighted by Gasteiger charge is 2.16. The van der Waals surface area contributed by atoms with Crippen molar-refractivity contribution in [2.45, 2.75) is 4.90 Å². The number of benzene rings is 3. The molecule has 3 aromatic carbocycles. The number of amides is 2. The number of ether oxygens (including phenoxy) is 2. The van der Waals surface area contributed by atoms with Crippen molar-refractivity contribution in [3.8, 4) is 11.5 Å². The second-order valence-corrected chi connectivity index (χ2v) is 7.78. The molecular weight excluding hydrogens is 444 g/mol. The molecule has 3 aromatic rings. The van der Waals surface area contributed by atoms with Crippen LogP contribution < -0.4 is 20.1 Å². The SMILES string of the molecule is COc1ccc(NC(=O)CSc2ccc(NC(=O)c3ccccc3C(=O)O)cc2)c(OC)c1. The van der Waals surface area contributed by atoms with Gasteiger partial charge >= 0.3 is 5.97 Å². The van der Waals surface area contributed by atoms with E-state index in [-0.39, 0.29) is 22.8 Å². The van der Waals surface area contributed by atoms with Crippen molar-refractivity contribution in [3.05, 3.63) is 77.9 Å². The molecule has 0 atom stereocenters. The van der Waals surface area contributed by atoms with Crippen LogP contribution in [0.4, 0.5) is 11.4 Å². The molecule has 0 bridgehead atoms. The summed E-state index contributed by atoms with van der Waals surface area (Å²) in [5.74, 6) is -0.590. The third-order valence-electron chi connectivity index (χ3n) is 4.57. The van der Waals surface area contributed by atoms with Gasteiger partial charge in [-0.1, -0.05) is 12.1 Å². The molecule has 0 aliphatic rings. The van der Waals surface area contributed by atoms with Crippen LogP contribution in [-0.4, -0.2) is 42.9 Å². The third kappa shape index (κ3) is 6.27. The van der Waals surface area contributed by atoms with E-state index in [2.05, 4.69) is 10.6 Å². The summed E-state index contributed by atoms with van der Waals surface area (Å²) < 4.78 is 10.4. The van der Waals surface area contributed by atoms with Gasteiger partial charge in [0.25, 0.3) is 5.91 Å². The molecule has 170 valence electrons. The highest BCUT2D eigenvalue weighted by Crippen LogP contribution is 2.29. The summed E-state index contributed by atoms with van der Waals surface area (Å²) in [5.41, 5.74) is 1.07. The van der Waals surface area contributed by atoms with Crippen LogP contribution in [0.1, 0.15) is 20.7 Å². The standard InChI is InChI=1S/C24H22N2O6S/c1-31-16-9-12-20(21(13-16)32-2)26-22(27)14-33-17-10-7-15(8-11-17)25-23(28)18-5-3-4-6-19(18)24(29)30/h3-13H,14H2,1-2H3,(H,25,28)(H,26,27)(H,29,30). The Bertz CT molecular complexity index is 1160. The van der Waals surface area contributed by atoms with Gasteiger partial charge in [0.15, 0.2) is 0 Å². The minimum atomic E-state index is -1.17. The summed E-state index contributed by atoms with van der Waals surface area (Å²) in [4.78, 5) is 36.9. The highest BCUT2D eigenvalue weighted by atomic mass is 32.2. The fourth-order valence-electron chi connectivity index (χ4n) is 2.94. The molecule has 3 N–H and O–H groups in total. The number of hydrogen-bond donors (Lipinski definition) is 3. The van der Waals surface area contributed by atoms with Crippen LogP contribution >= 0.6 is 11.8 Å². The lowest BCUT2D eigenvalue weighted by molar-refractivity contribution is -0.113. The minimum absolute atomic E-state index is 0.0679. The molecule has 3 rings (SSSR count). The predicted molar refractivity (Wildman–Crippen MR) is 127 cm³/mol. The minimum Gasteiger partial charge on any atom is -0.497 e. The van der Waals surface area contributed by atoms with E-state index in [9.17, 15) is 19.5 Å². The normalized spacial score (nSPS) is 10.2. The Balaban J connectivity index is 1.56. The molecule has 2 amide bonds. The topological polar surface area (TPSA) is 114 Å². The quantitative estimate of drug-likeness (QED) is 0.401. The second kappa shape index (κ2) is 11.1.